The number of nitrogens with zero attached hydrogens (tertiary/aromatic N) is 2. The molecule has 1 aromatic carbocycles. The number of alkyl halides is 1. The summed E-state index contributed by atoms with van der Waals surface area (Å²) in [5.41, 5.74) is 1.96. The third kappa shape index (κ3) is 9.28. The Bertz CT molecular complexity index is 777. The number of hydrogen-bond donors (Lipinski definition) is 0. The minimum atomic E-state index is -0.333. The van der Waals surface area contributed by atoms with Crippen LogP contribution in [0.4, 0.5) is 0 Å². The molecule has 0 saturated carbocycles. The van der Waals surface area contributed by atoms with Gasteiger partial charge in [0.2, 0.25) is 0 Å². The molecule has 1 aromatic heterocycles. The van der Waals surface area contributed by atoms with Crippen molar-refractivity contribution in [2.24, 2.45) is 5.92 Å². The maximum absolute atomic E-state index is 12.4. The molecule has 2 atom stereocenters. The number of ether oxygens (including phenoxy) is 1. The molecule has 0 saturated heterocycles. The van der Waals surface area contributed by atoms with Gasteiger partial charge in [-0.3, -0.25) is 4.79 Å². The highest BCUT2D eigenvalue weighted by Crippen LogP contribution is 2.24. The fourth-order valence-corrected chi connectivity index (χ4v) is 3.85. The Morgan fingerprint density at radius 3 is 2.09 bits per heavy atom. The molecule has 0 aliphatic heterocycles. The smallest absolute Gasteiger partial charge is 0.315 e. The molecule has 0 bridgehead atoms. The maximum atomic E-state index is 12.4. The summed E-state index contributed by atoms with van der Waals surface area (Å²) in [6.45, 7) is 6.19. The van der Waals surface area contributed by atoms with Crippen molar-refractivity contribution in [3.05, 3.63) is 42.5 Å². The summed E-state index contributed by atoms with van der Waals surface area (Å²) in [7, 11) is 0. The van der Waals surface area contributed by atoms with E-state index in [0.29, 0.717) is 5.75 Å². The Morgan fingerprint density at radius 2 is 1.47 bits per heavy atom. The highest BCUT2D eigenvalue weighted by Gasteiger charge is 2.23. The van der Waals surface area contributed by atoms with E-state index < -0.39 is 0 Å². The van der Waals surface area contributed by atoms with Crippen LogP contribution in [0.15, 0.2) is 36.7 Å². The third-order valence-electron chi connectivity index (χ3n) is 5.86. The molecule has 0 amide bonds. The monoisotopic (exact) mass is 458 g/mol. The van der Waals surface area contributed by atoms with Crippen LogP contribution in [0.1, 0.15) is 90.8 Å². The van der Waals surface area contributed by atoms with Gasteiger partial charge in [0.05, 0.1) is 5.92 Å². The molecule has 176 valence electrons. The molecule has 0 aliphatic carbocycles. The van der Waals surface area contributed by atoms with Crippen LogP contribution in [-0.4, -0.2) is 21.3 Å². The summed E-state index contributed by atoms with van der Waals surface area (Å²) in [4.78, 5) is 21.4. The predicted molar refractivity (Wildman–Crippen MR) is 133 cm³/mol. The van der Waals surface area contributed by atoms with Gasteiger partial charge in [-0.2, -0.15) is 0 Å². The number of esters is 1. The second-order valence-electron chi connectivity index (χ2n) is 8.65. The molecule has 0 unspecified atom stereocenters. The van der Waals surface area contributed by atoms with Gasteiger partial charge in [0, 0.05) is 29.8 Å². The Kier molecular flexibility index (Phi) is 12.3. The summed E-state index contributed by atoms with van der Waals surface area (Å²) in [6, 6.07) is 7.47. The number of aromatic nitrogens is 2. The van der Waals surface area contributed by atoms with Crippen molar-refractivity contribution < 1.29 is 9.53 Å². The largest absolute Gasteiger partial charge is 0.426 e. The molecular weight excluding hydrogens is 420 g/mol. The summed E-state index contributed by atoms with van der Waals surface area (Å²) < 4.78 is 5.52. The van der Waals surface area contributed by atoms with Crippen LogP contribution in [0.5, 0.6) is 5.75 Å². The molecule has 5 heteroatoms. The first-order chi connectivity index (χ1) is 15.5. The number of unbranched alkanes of at least 4 members (excludes halogenated alkanes) is 7. The van der Waals surface area contributed by atoms with E-state index in [4.69, 9.17) is 16.3 Å². The van der Waals surface area contributed by atoms with Crippen LogP contribution in [0.3, 0.4) is 0 Å². The summed E-state index contributed by atoms with van der Waals surface area (Å²) >= 11 is 6.34. The van der Waals surface area contributed by atoms with Crippen molar-refractivity contribution >= 4 is 17.6 Å². The summed E-state index contributed by atoms with van der Waals surface area (Å²) in [5, 5.41) is -0.196. The zero-order valence-corrected chi connectivity index (χ0v) is 20.7. The molecule has 0 fully saturated rings. The van der Waals surface area contributed by atoms with Gasteiger partial charge in [-0.05, 0) is 30.5 Å². The normalized spacial score (nSPS) is 13.0. The molecule has 0 N–H and O–H groups in total. The second-order valence-corrected chi connectivity index (χ2v) is 9.21. The average molecular weight is 459 g/mol. The van der Waals surface area contributed by atoms with E-state index in [2.05, 4.69) is 23.8 Å². The molecule has 2 rings (SSSR count). The van der Waals surface area contributed by atoms with Gasteiger partial charge in [-0.25, -0.2) is 9.97 Å². The Morgan fingerprint density at radius 1 is 0.875 bits per heavy atom. The average Bonchev–Trinajstić information content (AvgIpc) is 2.82. The van der Waals surface area contributed by atoms with Crippen molar-refractivity contribution in [2.45, 2.75) is 96.8 Å². The second kappa shape index (κ2) is 15.0. The van der Waals surface area contributed by atoms with E-state index in [0.717, 1.165) is 49.1 Å². The van der Waals surface area contributed by atoms with E-state index in [1.165, 1.54) is 38.5 Å². The van der Waals surface area contributed by atoms with E-state index in [9.17, 15) is 4.79 Å². The fraction of sp³-hybridized carbons (Fsp3) is 0.593. The van der Waals surface area contributed by atoms with Crippen LogP contribution in [0.25, 0.3) is 11.1 Å². The lowest BCUT2D eigenvalue weighted by atomic mass is 10.0. The first-order valence-electron chi connectivity index (χ1n) is 12.3. The zero-order chi connectivity index (χ0) is 23.2. The molecule has 0 radical (unpaired) electrons. The van der Waals surface area contributed by atoms with Gasteiger partial charge in [-0.15, -0.1) is 11.6 Å². The van der Waals surface area contributed by atoms with Crippen molar-refractivity contribution in [1.29, 1.82) is 0 Å². The molecule has 0 spiro atoms. The molecule has 0 aliphatic rings. The lowest BCUT2D eigenvalue weighted by Crippen LogP contribution is -2.25. The lowest BCUT2D eigenvalue weighted by Gasteiger charge is -2.16. The fourth-order valence-electron chi connectivity index (χ4n) is 3.59. The minimum absolute atomic E-state index is 0.196. The van der Waals surface area contributed by atoms with Crippen LogP contribution in [0, 0.1) is 5.92 Å². The predicted octanol–water partition coefficient (Wildman–Crippen LogP) is 7.78. The third-order valence-corrected chi connectivity index (χ3v) is 6.46. The van der Waals surface area contributed by atoms with Gasteiger partial charge < -0.3 is 4.74 Å². The SMILES string of the molecule is CCCCCCCCCc1ncc(-c2ccc(OC(=O)[C@H](C)[C@H](Cl)CCCC)cc2)cn1. The number of aryl methyl sites for hydroxylation is 1. The van der Waals surface area contributed by atoms with Crippen molar-refractivity contribution in [3.63, 3.8) is 0 Å². The molecule has 2 aromatic rings. The number of benzene rings is 1. The van der Waals surface area contributed by atoms with Crippen LogP contribution in [0.2, 0.25) is 0 Å². The van der Waals surface area contributed by atoms with E-state index in [1.54, 1.807) is 0 Å². The van der Waals surface area contributed by atoms with Crippen molar-refractivity contribution in [3.8, 4) is 16.9 Å². The Balaban J connectivity index is 1.80. The Hall–Kier alpha value is -1.94. The van der Waals surface area contributed by atoms with Crippen molar-refractivity contribution in [2.75, 3.05) is 0 Å². The van der Waals surface area contributed by atoms with Crippen LogP contribution in [-0.2, 0) is 11.2 Å². The van der Waals surface area contributed by atoms with Gasteiger partial charge in [0.25, 0.3) is 0 Å². The number of rotatable bonds is 15. The number of halogens is 1. The van der Waals surface area contributed by atoms with Crippen LogP contribution >= 0.6 is 11.6 Å². The van der Waals surface area contributed by atoms with E-state index in [-0.39, 0.29) is 17.3 Å². The Labute approximate surface area is 199 Å². The maximum Gasteiger partial charge on any atom is 0.315 e. The first-order valence-corrected chi connectivity index (χ1v) is 12.8. The van der Waals surface area contributed by atoms with E-state index in [1.807, 2.05) is 43.6 Å². The van der Waals surface area contributed by atoms with Gasteiger partial charge >= 0.3 is 5.97 Å². The quantitative estimate of drug-likeness (QED) is 0.118. The standard InChI is InChI=1S/C27H39ClN2O2/c1-4-6-8-9-10-11-12-14-26-29-19-23(20-30-26)22-15-17-24(18-16-22)32-27(31)21(3)25(28)13-7-5-2/h15-21,25H,4-14H2,1-3H3/t21-,25-/m1/s1. The summed E-state index contributed by atoms with van der Waals surface area (Å²) in [5.74, 6) is 0.814. The van der Waals surface area contributed by atoms with Gasteiger partial charge in [0.15, 0.2) is 0 Å². The highest BCUT2D eigenvalue weighted by molar-refractivity contribution is 6.21. The highest BCUT2D eigenvalue weighted by atomic mass is 35.5. The number of hydrogen-bond acceptors (Lipinski definition) is 4. The lowest BCUT2D eigenvalue weighted by molar-refractivity contribution is -0.138. The minimum Gasteiger partial charge on any atom is -0.426 e. The molecular formula is C27H39ClN2O2. The van der Waals surface area contributed by atoms with Crippen LogP contribution < -0.4 is 4.74 Å². The first kappa shape index (κ1) is 26.3. The van der Waals surface area contributed by atoms with Crippen molar-refractivity contribution in [1.82, 2.24) is 9.97 Å². The molecule has 32 heavy (non-hydrogen) atoms. The van der Waals surface area contributed by atoms with E-state index >= 15 is 0 Å². The topological polar surface area (TPSA) is 52.1 Å². The van der Waals surface area contributed by atoms with Gasteiger partial charge in [-0.1, -0.05) is 84.3 Å². The summed E-state index contributed by atoms with van der Waals surface area (Å²) in [6.07, 6.45) is 16.6. The van der Waals surface area contributed by atoms with Gasteiger partial charge in [0.1, 0.15) is 11.6 Å². The number of carbonyl (C=O) groups is 1. The zero-order valence-electron chi connectivity index (χ0n) is 20.0. The number of carbonyl (C=O) groups excluding carboxylic acids is 1. The molecule has 4 nitrogen and oxygen atoms in total. The molecule has 1 heterocycles.